The number of nitrogens with one attached hydrogen (secondary N) is 1. The zero-order chi connectivity index (χ0) is 19.6. The van der Waals surface area contributed by atoms with E-state index in [1.54, 1.807) is 34.8 Å². The fourth-order valence-corrected chi connectivity index (χ4v) is 2.79. The van der Waals surface area contributed by atoms with Gasteiger partial charge in [0.25, 0.3) is 5.91 Å². The highest BCUT2D eigenvalue weighted by Gasteiger charge is 2.16. The Morgan fingerprint density at radius 3 is 2.67 bits per heavy atom. The van der Waals surface area contributed by atoms with Gasteiger partial charge >= 0.3 is 0 Å². The van der Waals surface area contributed by atoms with Gasteiger partial charge in [-0.3, -0.25) is 14.3 Å². The summed E-state index contributed by atoms with van der Waals surface area (Å²) < 4.78 is 1.58. The summed E-state index contributed by atoms with van der Waals surface area (Å²) in [7, 11) is 1.74. The minimum absolute atomic E-state index is 0.0507. The Bertz CT molecular complexity index is 964. The number of nitrogens with zero attached hydrogens (tertiary/aromatic N) is 3. The molecule has 0 aliphatic rings. The summed E-state index contributed by atoms with van der Waals surface area (Å²) in [5.74, 6) is -0.401. The number of rotatable bonds is 5. The molecule has 3 aromatic rings. The lowest BCUT2D eigenvalue weighted by Crippen LogP contribution is -2.33. The molecule has 0 radical (unpaired) electrons. The maximum absolute atomic E-state index is 12.5. The second kappa shape index (κ2) is 7.80. The van der Waals surface area contributed by atoms with Crippen LogP contribution in [0.1, 0.15) is 24.2 Å². The summed E-state index contributed by atoms with van der Waals surface area (Å²) in [5.41, 5.74) is 1.70. The molecule has 140 valence electrons. The van der Waals surface area contributed by atoms with Crippen molar-refractivity contribution < 1.29 is 9.59 Å². The lowest BCUT2D eigenvalue weighted by atomic mass is 10.1. The van der Waals surface area contributed by atoms with Crippen LogP contribution in [-0.2, 0) is 11.3 Å². The van der Waals surface area contributed by atoms with Crippen molar-refractivity contribution in [3.8, 4) is 0 Å². The van der Waals surface area contributed by atoms with E-state index in [0.717, 1.165) is 10.9 Å². The maximum atomic E-state index is 12.5. The second-order valence-corrected chi connectivity index (χ2v) is 7.05. The Morgan fingerprint density at radius 1 is 1.22 bits per heavy atom. The summed E-state index contributed by atoms with van der Waals surface area (Å²) in [5, 5.41) is 8.47. The number of hydrogen-bond donors (Lipinski definition) is 1. The molecule has 2 aromatic carbocycles. The molecule has 1 N–H and O–H groups in total. The highest BCUT2D eigenvalue weighted by atomic mass is 35.5. The highest BCUT2D eigenvalue weighted by molar-refractivity contribution is 6.33. The molecule has 0 fully saturated rings. The monoisotopic (exact) mass is 384 g/mol. The first-order valence-electron chi connectivity index (χ1n) is 8.64. The van der Waals surface area contributed by atoms with Crippen molar-refractivity contribution in [2.75, 3.05) is 12.4 Å². The van der Waals surface area contributed by atoms with Crippen LogP contribution < -0.4 is 5.32 Å². The van der Waals surface area contributed by atoms with Crippen LogP contribution in [-0.4, -0.2) is 39.6 Å². The standard InChI is InChI=1S/C20H21ClN4O2/c1-13(2)24(3)20(27)14-8-9-16(21)18(10-14)22-19(26)12-25-11-15-6-4-5-7-17(15)23-25/h4-11,13H,12H2,1-3H3,(H,22,26). The van der Waals surface area contributed by atoms with Crippen molar-refractivity contribution in [2.24, 2.45) is 0 Å². The molecule has 0 atom stereocenters. The van der Waals surface area contributed by atoms with Crippen LogP contribution >= 0.6 is 11.6 Å². The van der Waals surface area contributed by atoms with Gasteiger partial charge in [-0.1, -0.05) is 29.8 Å². The van der Waals surface area contributed by atoms with E-state index < -0.39 is 0 Å². The molecule has 0 spiro atoms. The molecule has 0 saturated carbocycles. The largest absolute Gasteiger partial charge is 0.339 e. The van der Waals surface area contributed by atoms with E-state index in [9.17, 15) is 9.59 Å². The van der Waals surface area contributed by atoms with Gasteiger partial charge in [0.1, 0.15) is 6.54 Å². The van der Waals surface area contributed by atoms with Crippen molar-refractivity contribution in [3.05, 3.63) is 59.2 Å². The van der Waals surface area contributed by atoms with E-state index in [0.29, 0.717) is 16.3 Å². The van der Waals surface area contributed by atoms with E-state index in [4.69, 9.17) is 11.6 Å². The first-order valence-corrected chi connectivity index (χ1v) is 9.01. The Labute approximate surface area is 162 Å². The van der Waals surface area contributed by atoms with E-state index in [-0.39, 0.29) is 24.4 Å². The van der Waals surface area contributed by atoms with Crippen molar-refractivity contribution in [3.63, 3.8) is 0 Å². The maximum Gasteiger partial charge on any atom is 0.253 e. The lowest BCUT2D eigenvalue weighted by molar-refractivity contribution is -0.116. The topological polar surface area (TPSA) is 67.2 Å². The first-order chi connectivity index (χ1) is 12.8. The minimum Gasteiger partial charge on any atom is -0.339 e. The second-order valence-electron chi connectivity index (χ2n) is 6.64. The molecule has 3 rings (SSSR count). The number of anilines is 1. The molecule has 2 amide bonds. The summed E-state index contributed by atoms with van der Waals surface area (Å²) in [4.78, 5) is 26.5. The van der Waals surface area contributed by atoms with Crippen LogP contribution in [0, 0.1) is 0 Å². The predicted octanol–water partition coefficient (Wildman–Crippen LogP) is 3.81. The Hall–Kier alpha value is -2.86. The third-order valence-corrected chi connectivity index (χ3v) is 4.68. The fourth-order valence-electron chi connectivity index (χ4n) is 2.63. The van der Waals surface area contributed by atoms with E-state index in [1.807, 2.05) is 44.3 Å². The number of fused-ring (bicyclic) bond motifs is 1. The van der Waals surface area contributed by atoms with Gasteiger partial charge < -0.3 is 10.2 Å². The summed E-state index contributed by atoms with van der Waals surface area (Å²) in [6.45, 7) is 3.92. The number of carbonyl (C=O) groups excluding carboxylic acids is 2. The zero-order valence-electron chi connectivity index (χ0n) is 15.4. The Morgan fingerprint density at radius 2 is 1.96 bits per heavy atom. The molecular formula is C20H21ClN4O2. The predicted molar refractivity (Wildman–Crippen MR) is 107 cm³/mol. The number of carbonyl (C=O) groups is 2. The van der Waals surface area contributed by atoms with Gasteiger partial charge in [-0.15, -0.1) is 0 Å². The normalized spacial score (nSPS) is 11.0. The molecule has 0 aliphatic carbocycles. The third-order valence-electron chi connectivity index (χ3n) is 4.35. The van der Waals surface area contributed by atoms with E-state index in [2.05, 4.69) is 10.4 Å². The zero-order valence-corrected chi connectivity index (χ0v) is 16.2. The average molecular weight is 385 g/mol. The molecule has 27 heavy (non-hydrogen) atoms. The van der Waals surface area contributed by atoms with Crippen LogP contribution in [0.25, 0.3) is 10.9 Å². The van der Waals surface area contributed by atoms with Crippen molar-refractivity contribution >= 4 is 40.0 Å². The van der Waals surface area contributed by atoms with Crippen molar-refractivity contribution in [1.29, 1.82) is 0 Å². The van der Waals surface area contributed by atoms with Gasteiger partial charge in [0, 0.05) is 30.2 Å². The number of amides is 2. The van der Waals surface area contributed by atoms with Crippen LogP contribution in [0.15, 0.2) is 48.7 Å². The molecule has 6 nitrogen and oxygen atoms in total. The summed E-state index contributed by atoms with van der Waals surface area (Å²) >= 11 is 6.19. The van der Waals surface area contributed by atoms with E-state index >= 15 is 0 Å². The number of hydrogen-bond acceptors (Lipinski definition) is 3. The Kier molecular flexibility index (Phi) is 5.46. The van der Waals surface area contributed by atoms with Gasteiger partial charge in [-0.2, -0.15) is 5.10 Å². The van der Waals surface area contributed by atoms with Crippen LogP contribution in [0.3, 0.4) is 0 Å². The molecule has 7 heteroatoms. The van der Waals surface area contributed by atoms with Gasteiger partial charge in [0.15, 0.2) is 0 Å². The lowest BCUT2D eigenvalue weighted by Gasteiger charge is -2.22. The van der Waals surface area contributed by atoms with Crippen molar-refractivity contribution in [1.82, 2.24) is 14.7 Å². The van der Waals surface area contributed by atoms with Crippen LogP contribution in [0.2, 0.25) is 5.02 Å². The average Bonchev–Trinajstić information content (AvgIpc) is 3.04. The molecule has 0 saturated heterocycles. The summed E-state index contributed by atoms with van der Waals surface area (Å²) in [6, 6.07) is 12.6. The quantitative estimate of drug-likeness (QED) is 0.727. The molecule has 1 heterocycles. The van der Waals surface area contributed by atoms with Crippen LogP contribution in [0.5, 0.6) is 0 Å². The molecular weight excluding hydrogens is 364 g/mol. The number of benzene rings is 2. The SMILES string of the molecule is CC(C)N(C)C(=O)c1ccc(Cl)c(NC(=O)Cn2cc3ccccc3n2)c1. The van der Waals surface area contributed by atoms with Crippen molar-refractivity contribution in [2.45, 2.75) is 26.4 Å². The molecule has 1 aromatic heterocycles. The minimum atomic E-state index is -0.272. The third kappa shape index (κ3) is 4.28. The van der Waals surface area contributed by atoms with E-state index in [1.165, 1.54) is 0 Å². The van der Waals surface area contributed by atoms with Crippen LogP contribution in [0.4, 0.5) is 5.69 Å². The van der Waals surface area contributed by atoms with Gasteiger partial charge in [0.05, 0.1) is 16.2 Å². The smallest absolute Gasteiger partial charge is 0.253 e. The fraction of sp³-hybridized carbons (Fsp3) is 0.250. The molecule has 0 bridgehead atoms. The number of halogens is 1. The molecule has 0 aliphatic heterocycles. The number of aromatic nitrogens is 2. The first kappa shape index (κ1) is 18.9. The van der Waals surface area contributed by atoms with Gasteiger partial charge in [-0.25, -0.2) is 0 Å². The summed E-state index contributed by atoms with van der Waals surface area (Å²) in [6.07, 6.45) is 1.81. The highest BCUT2D eigenvalue weighted by Crippen LogP contribution is 2.24. The van der Waals surface area contributed by atoms with Gasteiger partial charge in [-0.05, 0) is 38.1 Å². The van der Waals surface area contributed by atoms with Gasteiger partial charge in [0.2, 0.25) is 5.91 Å². The Balaban J connectivity index is 1.75. The molecule has 0 unspecified atom stereocenters.